The fourth-order valence-electron chi connectivity index (χ4n) is 2.81. The highest BCUT2D eigenvalue weighted by Crippen LogP contribution is 2.21. The number of carbonyl (C=O) groups is 1. The van der Waals surface area contributed by atoms with Crippen LogP contribution in [0.25, 0.3) is 0 Å². The predicted octanol–water partition coefficient (Wildman–Crippen LogP) is 4.81. The Hall–Kier alpha value is -3.34. The molecular weight excluding hydrogens is 338 g/mol. The Kier molecular flexibility index (Phi) is 5.71. The number of aryl methyl sites for hydroxylation is 1. The molecule has 27 heavy (non-hydrogen) atoms. The van der Waals surface area contributed by atoms with Crippen molar-refractivity contribution in [1.82, 2.24) is 4.98 Å². The fourth-order valence-corrected chi connectivity index (χ4v) is 2.81. The van der Waals surface area contributed by atoms with Crippen LogP contribution in [0.3, 0.4) is 0 Å². The van der Waals surface area contributed by atoms with E-state index in [1.807, 2.05) is 68.4 Å². The number of rotatable bonds is 6. The lowest BCUT2D eigenvalue weighted by Crippen LogP contribution is -2.30. The Morgan fingerprint density at radius 3 is 2.48 bits per heavy atom. The van der Waals surface area contributed by atoms with E-state index in [4.69, 9.17) is 4.74 Å². The molecule has 0 unspecified atom stereocenters. The standard InChI is InChI=1S/C22H23N3O2/c1-4-25(19-7-5-6-16(2)14-19)22(26)17-8-13-21(23-15-17)24-18-9-11-20(27-3)12-10-18/h5-15H,4H2,1-3H3,(H,23,24). The summed E-state index contributed by atoms with van der Waals surface area (Å²) in [6.45, 7) is 4.57. The number of aromatic nitrogens is 1. The van der Waals surface area contributed by atoms with E-state index in [0.29, 0.717) is 17.9 Å². The van der Waals surface area contributed by atoms with Crippen LogP contribution in [0.1, 0.15) is 22.8 Å². The topological polar surface area (TPSA) is 54.5 Å². The second-order valence-corrected chi connectivity index (χ2v) is 6.17. The minimum atomic E-state index is -0.0633. The van der Waals surface area contributed by atoms with Gasteiger partial charge in [-0.25, -0.2) is 4.98 Å². The van der Waals surface area contributed by atoms with Crippen LogP contribution in [0.15, 0.2) is 66.9 Å². The van der Waals surface area contributed by atoms with E-state index in [0.717, 1.165) is 22.7 Å². The van der Waals surface area contributed by atoms with Crippen molar-refractivity contribution >= 4 is 23.1 Å². The summed E-state index contributed by atoms with van der Waals surface area (Å²) in [4.78, 5) is 19.0. The van der Waals surface area contributed by atoms with Crippen molar-refractivity contribution in [3.63, 3.8) is 0 Å². The van der Waals surface area contributed by atoms with Gasteiger partial charge in [0.25, 0.3) is 5.91 Å². The summed E-state index contributed by atoms with van der Waals surface area (Å²) in [5.41, 5.74) is 3.47. The molecule has 1 N–H and O–H groups in total. The van der Waals surface area contributed by atoms with E-state index < -0.39 is 0 Å². The van der Waals surface area contributed by atoms with Crippen molar-refractivity contribution < 1.29 is 9.53 Å². The minimum Gasteiger partial charge on any atom is -0.497 e. The van der Waals surface area contributed by atoms with Gasteiger partial charge in [0.1, 0.15) is 11.6 Å². The van der Waals surface area contributed by atoms with Crippen molar-refractivity contribution in [2.24, 2.45) is 0 Å². The SMILES string of the molecule is CCN(C(=O)c1ccc(Nc2ccc(OC)cc2)nc1)c1cccc(C)c1. The lowest BCUT2D eigenvalue weighted by atomic mass is 10.1. The first kappa shape index (κ1) is 18.5. The van der Waals surface area contributed by atoms with Crippen molar-refractivity contribution in [1.29, 1.82) is 0 Å². The maximum absolute atomic E-state index is 12.9. The summed E-state index contributed by atoms with van der Waals surface area (Å²) >= 11 is 0. The second-order valence-electron chi connectivity index (χ2n) is 6.17. The largest absolute Gasteiger partial charge is 0.497 e. The van der Waals surface area contributed by atoms with Gasteiger partial charge < -0.3 is 15.0 Å². The molecule has 0 aliphatic rings. The van der Waals surface area contributed by atoms with Gasteiger partial charge in [0.05, 0.1) is 12.7 Å². The third kappa shape index (κ3) is 4.44. The third-order valence-electron chi connectivity index (χ3n) is 4.25. The van der Waals surface area contributed by atoms with Crippen LogP contribution < -0.4 is 15.0 Å². The predicted molar refractivity (Wildman–Crippen MR) is 109 cm³/mol. The van der Waals surface area contributed by atoms with Crippen molar-refractivity contribution in [3.8, 4) is 5.75 Å². The molecule has 1 amide bonds. The van der Waals surface area contributed by atoms with Gasteiger partial charge in [0.15, 0.2) is 0 Å². The van der Waals surface area contributed by atoms with E-state index in [-0.39, 0.29) is 5.91 Å². The number of pyridine rings is 1. The van der Waals surface area contributed by atoms with Crippen LogP contribution in [0, 0.1) is 6.92 Å². The zero-order valence-electron chi connectivity index (χ0n) is 15.8. The zero-order valence-corrected chi connectivity index (χ0v) is 15.8. The number of anilines is 3. The first-order valence-corrected chi connectivity index (χ1v) is 8.86. The highest BCUT2D eigenvalue weighted by molar-refractivity contribution is 6.06. The van der Waals surface area contributed by atoms with Crippen molar-refractivity contribution in [3.05, 3.63) is 78.0 Å². The first-order chi connectivity index (χ1) is 13.1. The molecule has 5 heteroatoms. The van der Waals surface area contributed by atoms with Crippen molar-refractivity contribution in [2.75, 3.05) is 23.9 Å². The fraction of sp³-hybridized carbons (Fsp3) is 0.182. The molecule has 1 heterocycles. The Balaban J connectivity index is 1.74. The van der Waals surface area contributed by atoms with Crippen LogP contribution in [-0.2, 0) is 0 Å². The summed E-state index contributed by atoms with van der Waals surface area (Å²) in [5.74, 6) is 1.41. The molecule has 138 valence electrons. The van der Waals surface area contributed by atoms with Crippen LogP contribution in [0.5, 0.6) is 5.75 Å². The zero-order chi connectivity index (χ0) is 19.2. The van der Waals surface area contributed by atoms with Gasteiger partial charge >= 0.3 is 0 Å². The van der Waals surface area contributed by atoms with Crippen LogP contribution in [-0.4, -0.2) is 24.5 Å². The number of carbonyl (C=O) groups excluding carboxylic acids is 1. The molecule has 0 saturated carbocycles. The van der Waals surface area contributed by atoms with E-state index in [2.05, 4.69) is 10.3 Å². The van der Waals surface area contributed by atoms with Gasteiger partial charge in [-0.2, -0.15) is 0 Å². The van der Waals surface area contributed by atoms with Gasteiger partial charge in [-0.05, 0) is 67.9 Å². The monoisotopic (exact) mass is 361 g/mol. The van der Waals surface area contributed by atoms with Gasteiger partial charge in [0, 0.05) is 24.1 Å². The Bertz CT molecular complexity index is 906. The normalized spacial score (nSPS) is 10.3. The molecular formula is C22H23N3O2. The number of nitrogens with one attached hydrogen (secondary N) is 1. The maximum atomic E-state index is 12.9. The number of benzene rings is 2. The molecule has 2 aromatic carbocycles. The first-order valence-electron chi connectivity index (χ1n) is 8.86. The molecule has 1 aromatic heterocycles. The Morgan fingerprint density at radius 1 is 1.11 bits per heavy atom. The molecule has 0 fully saturated rings. The summed E-state index contributed by atoms with van der Waals surface area (Å²) in [5, 5.41) is 3.21. The highest BCUT2D eigenvalue weighted by atomic mass is 16.5. The highest BCUT2D eigenvalue weighted by Gasteiger charge is 2.16. The summed E-state index contributed by atoms with van der Waals surface area (Å²) in [6, 6.07) is 19.1. The molecule has 0 bridgehead atoms. The van der Waals surface area contributed by atoms with Crippen LogP contribution in [0.2, 0.25) is 0 Å². The number of amides is 1. The number of methoxy groups -OCH3 is 1. The number of hydrogen-bond donors (Lipinski definition) is 1. The average Bonchev–Trinajstić information content (AvgIpc) is 2.70. The van der Waals surface area contributed by atoms with E-state index >= 15 is 0 Å². The molecule has 3 rings (SSSR count). The molecule has 5 nitrogen and oxygen atoms in total. The average molecular weight is 361 g/mol. The Labute approximate surface area is 159 Å². The van der Waals surface area contributed by atoms with Gasteiger partial charge in [0.2, 0.25) is 0 Å². The maximum Gasteiger partial charge on any atom is 0.259 e. The molecule has 0 aliphatic heterocycles. The van der Waals surface area contributed by atoms with Gasteiger partial charge in [-0.1, -0.05) is 12.1 Å². The van der Waals surface area contributed by atoms with Crippen molar-refractivity contribution in [2.45, 2.75) is 13.8 Å². The van der Waals surface area contributed by atoms with Gasteiger partial charge in [-0.15, -0.1) is 0 Å². The van der Waals surface area contributed by atoms with Gasteiger partial charge in [-0.3, -0.25) is 4.79 Å². The van der Waals surface area contributed by atoms with E-state index in [1.165, 1.54) is 0 Å². The number of nitrogens with zero attached hydrogens (tertiary/aromatic N) is 2. The molecule has 0 atom stereocenters. The molecule has 0 radical (unpaired) electrons. The quantitative estimate of drug-likeness (QED) is 0.685. The van der Waals surface area contributed by atoms with Crippen LogP contribution in [0.4, 0.5) is 17.2 Å². The third-order valence-corrected chi connectivity index (χ3v) is 4.25. The Morgan fingerprint density at radius 2 is 1.89 bits per heavy atom. The second kappa shape index (κ2) is 8.36. The smallest absolute Gasteiger partial charge is 0.259 e. The summed E-state index contributed by atoms with van der Waals surface area (Å²) in [7, 11) is 1.63. The minimum absolute atomic E-state index is 0.0633. The van der Waals surface area contributed by atoms with Crippen LogP contribution >= 0.6 is 0 Å². The number of hydrogen-bond acceptors (Lipinski definition) is 4. The summed E-state index contributed by atoms with van der Waals surface area (Å²) < 4.78 is 5.15. The van der Waals surface area contributed by atoms with E-state index in [9.17, 15) is 4.79 Å². The summed E-state index contributed by atoms with van der Waals surface area (Å²) in [6.07, 6.45) is 1.60. The lowest BCUT2D eigenvalue weighted by Gasteiger charge is -2.21. The molecule has 0 saturated heterocycles. The lowest BCUT2D eigenvalue weighted by molar-refractivity contribution is 0.0988. The number of ether oxygens (including phenoxy) is 1. The molecule has 0 aliphatic carbocycles. The molecule has 0 spiro atoms. The molecule has 3 aromatic rings. The van der Waals surface area contributed by atoms with E-state index in [1.54, 1.807) is 24.3 Å².